The Balaban J connectivity index is 1.55. The highest BCUT2D eigenvalue weighted by Gasteiger charge is 2.13. The fourth-order valence-electron chi connectivity index (χ4n) is 2.90. The number of methoxy groups -OCH3 is 1. The van der Waals surface area contributed by atoms with E-state index in [-0.39, 0.29) is 5.91 Å². The van der Waals surface area contributed by atoms with E-state index in [1.54, 1.807) is 31.4 Å². The van der Waals surface area contributed by atoms with E-state index in [0.29, 0.717) is 5.56 Å². The van der Waals surface area contributed by atoms with E-state index in [1.807, 2.05) is 12.1 Å². The van der Waals surface area contributed by atoms with Crippen molar-refractivity contribution in [3.05, 3.63) is 59.7 Å². The maximum atomic E-state index is 12.3. The molecule has 0 bridgehead atoms. The molecule has 1 fully saturated rings. The number of likely N-dealkylation sites (N-methyl/N-ethyl adjacent to an activating group) is 1. The third-order valence-electron chi connectivity index (χ3n) is 4.57. The van der Waals surface area contributed by atoms with Crippen molar-refractivity contribution in [1.82, 2.24) is 9.80 Å². The Labute approximate surface area is 149 Å². The van der Waals surface area contributed by atoms with Crippen molar-refractivity contribution >= 4 is 11.6 Å². The Morgan fingerprint density at radius 3 is 2.24 bits per heavy atom. The summed E-state index contributed by atoms with van der Waals surface area (Å²) >= 11 is 0. The first-order valence-electron chi connectivity index (χ1n) is 8.59. The number of nitrogens with zero attached hydrogens (tertiary/aromatic N) is 2. The van der Waals surface area contributed by atoms with Gasteiger partial charge in [-0.15, -0.1) is 0 Å². The first-order valence-corrected chi connectivity index (χ1v) is 8.59. The van der Waals surface area contributed by atoms with Gasteiger partial charge in [-0.25, -0.2) is 0 Å². The minimum Gasteiger partial charge on any atom is -0.497 e. The summed E-state index contributed by atoms with van der Waals surface area (Å²) in [6.07, 6.45) is 0. The number of ether oxygens (including phenoxy) is 1. The zero-order valence-electron chi connectivity index (χ0n) is 14.9. The van der Waals surface area contributed by atoms with E-state index >= 15 is 0 Å². The van der Waals surface area contributed by atoms with Gasteiger partial charge < -0.3 is 15.0 Å². The monoisotopic (exact) mass is 339 g/mol. The average molecular weight is 339 g/mol. The number of anilines is 1. The molecule has 1 aliphatic rings. The van der Waals surface area contributed by atoms with E-state index in [1.165, 1.54) is 5.56 Å². The van der Waals surface area contributed by atoms with Gasteiger partial charge in [0.2, 0.25) is 0 Å². The highest BCUT2D eigenvalue weighted by molar-refractivity contribution is 6.04. The minimum absolute atomic E-state index is 0.116. The smallest absolute Gasteiger partial charge is 0.255 e. The first kappa shape index (κ1) is 17.5. The van der Waals surface area contributed by atoms with Gasteiger partial charge in [0.1, 0.15) is 5.75 Å². The Kier molecular flexibility index (Phi) is 5.68. The van der Waals surface area contributed by atoms with E-state index in [2.05, 4.69) is 34.3 Å². The normalized spacial score (nSPS) is 15.8. The van der Waals surface area contributed by atoms with Crippen LogP contribution >= 0.6 is 0 Å². The van der Waals surface area contributed by atoms with E-state index in [4.69, 9.17) is 4.74 Å². The van der Waals surface area contributed by atoms with Gasteiger partial charge in [0.15, 0.2) is 0 Å². The molecular weight excluding hydrogens is 314 g/mol. The molecule has 0 spiro atoms. The van der Waals surface area contributed by atoms with Gasteiger partial charge in [0.25, 0.3) is 5.91 Å². The summed E-state index contributed by atoms with van der Waals surface area (Å²) in [7, 11) is 3.77. The van der Waals surface area contributed by atoms with Crippen LogP contribution in [0.3, 0.4) is 0 Å². The van der Waals surface area contributed by atoms with Crippen LogP contribution in [0.5, 0.6) is 5.75 Å². The largest absolute Gasteiger partial charge is 0.497 e. The molecule has 1 amide bonds. The molecule has 0 saturated carbocycles. The zero-order valence-corrected chi connectivity index (χ0v) is 14.9. The quantitative estimate of drug-likeness (QED) is 0.910. The second-order valence-electron chi connectivity index (χ2n) is 6.46. The van der Waals surface area contributed by atoms with Crippen LogP contribution in [0.4, 0.5) is 5.69 Å². The van der Waals surface area contributed by atoms with Crippen molar-refractivity contribution in [3.8, 4) is 5.75 Å². The molecule has 5 heteroatoms. The molecule has 2 aromatic rings. The molecule has 25 heavy (non-hydrogen) atoms. The summed E-state index contributed by atoms with van der Waals surface area (Å²) < 4.78 is 5.11. The SMILES string of the molecule is COc1ccc(C(=O)Nc2ccc(CN3CCN(C)CC3)cc2)cc1. The average Bonchev–Trinajstić information content (AvgIpc) is 2.65. The van der Waals surface area contributed by atoms with Crippen LogP contribution in [0.25, 0.3) is 0 Å². The summed E-state index contributed by atoms with van der Waals surface area (Å²) in [6, 6.07) is 15.2. The van der Waals surface area contributed by atoms with Gasteiger partial charge >= 0.3 is 0 Å². The highest BCUT2D eigenvalue weighted by Crippen LogP contribution is 2.15. The topological polar surface area (TPSA) is 44.8 Å². The maximum Gasteiger partial charge on any atom is 0.255 e. The zero-order chi connectivity index (χ0) is 17.6. The fraction of sp³-hybridized carbons (Fsp3) is 0.350. The molecule has 1 N–H and O–H groups in total. The molecule has 1 saturated heterocycles. The number of hydrogen-bond acceptors (Lipinski definition) is 4. The number of rotatable bonds is 5. The van der Waals surface area contributed by atoms with Gasteiger partial charge in [0, 0.05) is 44.0 Å². The van der Waals surface area contributed by atoms with Crippen molar-refractivity contribution in [1.29, 1.82) is 0 Å². The van der Waals surface area contributed by atoms with Crippen molar-refractivity contribution in [2.75, 3.05) is 45.7 Å². The summed E-state index contributed by atoms with van der Waals surface area (Å²) in [5, 5.41) is 2.93. The number of carbonyl (C=O) groups excluding carboxylic acids is 1. The van der Waals surface area contributed by atoms with E-state index in [0.717, 1.165) is 44.2 Å². The molecule has 132 valence electrons. The van der Waals surface area contributed by atoms with Gasteiger partial charge in [-0.3, -0.25) is 9.69 Å². The summed E-state index contributed by atoms with van der Waals surface area (Å²) in [5.41, 5.74) is 2.69. The number of hydrogen-bond donors (Lipinski definition) is 1. The molecule has 1 aliphatic heterocycles. The lowest BCUT2D eigenvalue weighted by molar-refractivity contribution is 0.102. The molecule has 0 atom stereocenters. The Bertz CT molecular complexity index is 690. The van der Waals surface area contributed by atoms with Crippen LogP contribution < -0.4 is 10.1 Å². The molecule has 0 aliphatic carbocycles. The van der Waals surface area contributed by atoms with Crippen LogP contribution in [0.15, 0.2) is 48.5 Å². The molecular formula is C20H25N3O2. The highest BCUT2D eigenvalue weighted by atomic mass is 16.5. The molecule has 1 heterocycles. The standard InChI is InChI=1S/C20H25N3O2/c1-22-11-13-23(14-12-22)15-16-3-7-18(8-4-16)21-20(24)17-5-9-19(25-2)10-6-17/h3-10H,11-15H2,1-2H3,(H,21,24). The van der Waals surface area contributed by atoms with Crippen LogP contribution in [0.2, 0.25) is 0 Å². The van der Waals surface area contributed by atoms with Crippen LogP contribution in [-0.4, -0.2) is 56.0 Å². The van der Waals surface area contributed by atoms with Gasteiger partial charge in [-0.1, -0.05) is 12.1 Å². The van der Waals surface area contributed by atoms with Gasteiger partial charge in [0.05, 0.1) is 7.11 Å². The minimum atomic E-state index is -0.116. The number of carbonyl (C=O) groups is 1. The number of piperazine rings is 1. The lowest BCUT2D eigenvalue weighted by Crippen LogP contribution is -2.43. The van der Waals surface area contributed by atoms with Crippen molar-refractivity contribution < 1.29 is 9.53 Å². The first-order chi connectivity index (χ1) is 12.1. The van der Waals surface area contributed by atoms with Gasteiger partial charge in [-0.05, 0) is 49.0 Å². The summed E-state index contributed by atoms with van der Waals surface area (Å²) in [5.74, 6) is 0.624. The van der Waals surface area contributed by atoms with Crippen molar-refractivity contribution in [2.45, 2.75) is 6.54 Å². The van der Waals surface area contributed by atoms with Crippen molar-refractivity contribution in [3.63, 3.8) is 0 Å². The molecule has 0 radical (unpaired) electrons. The predicted octanol–water partition coefficient (Wildman–Crippen LogP) is 2.69. The second-order valence-corrected chi connectivity index (χ2v) is 6.46. The molecule has 0 aromatic heterocycles. The molecule has 2 aromatic carbocycles. The number of amides is 1. The maximum absolute atomic E-state index is 12.3. The van der Waals surface area contributed by atoms with Crippen molar-refractivity contribution in [2.24, 2.45) is 0 Å². The molecule has 0 unspecified atom stereocenters. The van der Waals surface area contributed by atoms with Crippen LogP contribution in [0, 0.1) is 0 Å². The van der Waals surface area contributed by atoms with E-state index < -0.39 is 0 Å². The van der Waals surface area contributed by atoms with Crippen LogP contribution in [-0.2, 0) is 6.54 Å². The molecule has 5 nitrogen and oxygen atoms in total. The lowest BCUT2D eigenvalue weighted by Gasteiger charge is -2.32. The third-order valence-corrected chi connectivity index (χ3v) is 4.57. The van der Waals surface area contributed by atoms with Gasteiger partial charge in [-0.2, -0.15) is 0 Å². The predicted molar refractivity (Wildman–Crippen MR) is 100 cm³/mol. The Morgan fingerprint density at radius 1 is 1.00 bits per heavy atom. The third kappa shape index (κ3) is 4.81. The Hall–Kier alpha value is -2.37. The lowest BCUT2D eigenvalue weighted by atomic mass is 10.1. The number of benzene rings is 2. The number of nitrogens with one attached hydrogen (secondary N) is 1. The van der Waals surface area contributed by atoms with Crippen LogP contribution in [0.1, 0.15) is 15.9 Å². The second kappa shape index (κ2) is 8.14. The Morgan fingerprint density at radius 2 is 1.64 bits per heavy atom. The summed E-state index contributed by atoms with van der Waals surface area (Å²) in [4.78, 5) is 17.1. The van der Waals surface area contributed by atoms with E-state index in [9.17, 15) is 4.79 Å². The fourth-order valence-corrected chi connectivity index (χ4v) is 2.90. The summed E-state index contributed by atoms with van der Waals surface area (Å²) in [6.45, 7) is 5.41. The molecule has 3 rings (SSSR count).